The number of hydrogen-bond donors (Lipinski definition) is 0. The normalized spacial score (nSPS) is 14.8. The quantitative estimate of drug-likeness (QED) is 0.306. The monoisotopic (exact) mass is 392 g/mol. The lowest BCUT2D eigenvalue weighted by Gasteiger charge is -2.12. The number of hydrogen-bond acceptors (Lipinski definition) is 5. The molecule has 0 amide bonds. The van der Waals surface area contributed by atoms with Crippen LogP contribution in [0.15, 0.2) is 35.9 Å². The van der Waals surface area contributed by atoms with E-state index in [0.717, 1.165) is 29.8 Å². The third-order valence-corrected chi connectivity index (χ3v) is 5.10. The van der Waals surface area contributed by atoms with Gasteiger partial charge in [-0.2, -0.15) is 5.26 Å². The number of nitriles is 1. The van der Waals surface area contributed by atoms with Crippen molar-refractivity contribution in [1.82, 2.24) is 4.57 Å². The van der Waals surface area contributed by atoms with E-state index in [1.54, 1.807) is 31.4 Å². The van der Waals surface area contributed by atoms with Gasteiger partial charge in [-0.1, -0.05) is 0 Å². The van der Waals surface area contributed by atoms with Gasteiger partial charge in [0.2, 0.25) is 5.78 Å². The molecule has 0 unspecified atom stereocenters. The summed E-state index contributed by atoms with van der Waals surface area (Å²) >= 11 is 0. The molecule has 0 saturated heterocycles. The highest BCUT2D eigenvalue weighted by atomic mass is 16.5. The van der Waals surface area contributed by atoms with Gasteiger partial charge >= 0.3 is 5.97 Å². The van der Waals surface area contributed by atoms with Crippen LogP contribution in [0.1, 0.15) is 53.1 Å². The largest absolute Gasteiger partial charge is 0.497 e. The van der Waals surface area contributed by atoms with E-state index < -0.39 is 12.1 Å². The van der Waals surface area contributed by atoms with Crippen LogP contribution in [0.5, 0.6) is 5.75 Å². The van der Waals surface area contributed by atoms with Gasteiger partial charge in [-0.15, -0.1) is 0 Å². The van der Waals surface area contributed by atoms with Crippen molar-refractivity contribution in [2.75, 3.05) is 7.11 Å². The van der Waals surface area contributed by atoms with E-state index in [2.05, 4.69) is 4.57 Å². The number of Topliss-reactive ketones (excluding diaryl/α,β-unsaturated/α-hetero) is 1. The first-order chi connectivity index (χ1) is 13.8. The van der Waals surface area contributed by atoms with Crippen molar-refractivity contribution in [3.63, 3.8) is 0 Å². The molecule has 0 aliphatic heterocycles. The summed E-state index contributed by atoms with van der Waals surface area (Å²) < 4.78 is 12.6. The van der Waals surface area contributed by atoms with Gasteiger partial charge in [-0.05, 0) is 75.6 Å². The molecule has 0 bridgehead atoms. The van der Waals surface area contributed by atoms with Crippen LogP contribution in [0.25, 0.3) is 6.08 Å². The minimum atomic E-state index is -1.01. The maximum atomic E-state index is 12.5. The molecular formula is C23H24N2O4. The lowest BCUT2D eigenvalue weighted by molar-refractivity contribution is -0.141. The molecule has 29 heavy (non-hydrogen) atoms. The van der Waals surface area contributed by atoms with E-state index in [1.807, 2.05) is 26.0 Å². The molecular weight excluding hydrogens is 368 g/mol. The van der Waals surface area contributed by atoms with Crippen molar-refractivity contribution in [3.8, 4) is 11.8 Å². The Balaban J connectivity index is 1.74. The van der Waals surface area contributed by atoms with E-state index in [1.165, 1.54) is 13.0 Å². The standard InChI is InChI=1S/C23H24N2O4/c1-14-11-18(15(2)25(14)20-7-8-20)12-19(13-24)23(27)29-16(3)22(26)17-5-9-21(28-4)10-6-17/h5-6,9-12,16,20H,7-8H2,1-4H3/b19-12+/t16-/m1/s1. The molecule has 1 heterocycles. The molecule has 1 aliphatic carbocycles. The lowest BCUT2D eigenvalue weighted by atomic mass is 10.1. The Bertz CT molecular complexity index is 1000. The predicted molar refractivity (Wildman–Crippen MR) is 109 cm³/mol. The minimum Gasteiger partial charge on any atom is -0.497 e. The molecule has 3 rings (SSSR count). The maximum Gasteiger partial charge on any atom is 0.349 e. The SMILES string of the molecule is COc1ccc(C(=O)[C@@H](C)OC(=O)/C(C#N)=C/c2cc(C)n(C3CC3)c2C)cc1. The molecule has 1 atom stereocenters. The minimum absolute atomic E-state index is 0.129. The van der Waals surface area contributed by atoms with Crippen molar-refractivity contribution in [2.24, 2.45) is 0 Å². The molecule has 0 spiro atoms. The van der Waals surface area contributed by atoms with Crippen LogP contribution < -0.4 is 4.74 Å². The first-order valence-electron chi connectivity index (χ1n) is 9.55. The summed E-state index contributed by atoms with van der Waals surface area (Å²) in [5, 5.41) is 9.45. The van der Waals surface area contributed by atoms with Crippen molar-refractivity contribution in [3.05, 3.63) is 58.4 Å². The summed E-state index contributed by atoms with van der Waals surface area (Å²) in [5.74, 6) is -0.520. The fraction of sp³-hybridized carbons (Fsp3) is 0.348. The number of nitrogens with zero attached hydrogens (tertiary/aromatic N) is 2. The average molecular weight is 392 g/mol. The number of esters is 1. The molecule has 1 saturated carbocycles. The van der Waals surface area contributed by atoms with Crippen LogP contribution in [-0.2, 0) is 9.53 Å². The molecule has 6 heteroatoms. The Labute approximate surface area is 170 Å². The van der Waals surface area contributed by atoms with Crippen LogP contribution in [0.3, 0.4) is 0 Å². The van der Waals surface area contributed by atoms with Crippen LogP contribution in [-0.4, -0.2) is 29.5 Å². The van der Waals surface area contributed by atoms with Crippen LogP contribution in [0.2, 0.25) is 0 Å². The molecule has 1 aromatic heterocycles. The van der Waals surface area contributed by atoms with Gasteiger partial charge in [0, 0.05) is 23.0 Å². The number of carbonyl (C=O) groups is 2. The van der Waals surface area contributed by atoms with Gasteiger partial charge in [-0.3, -0.25) is 4.79 Å². The van der Waals surface area contributed by atoms with E-state index >= 15 is 0 Å². The molecule has 150 valence electrons. The van der Waals surface area contributed by atoms with Gasteiger partial charge in [-0.25, -0.2) is 4.79 Å². The Hall–Kier alpha value is -3.33. The van der Waals surface area contributed by atoms with Crippen LogP contribution in [0, 0.1) is 25.2 Å². The number of methoxy groups -OCH3 is 1. The van der Waals surface area contributed by atoms with E-state index in [4.69, 9.17) is 9.47 Å². The third kappa shape index (κ3) is 4.40. The third-order valence-electron chi connectivity index (χ3n) is 5.10. The maximum absolute atomic E-state index is 12.5. The first-order valence-corrected chi connectivity index (χ1v) is 9.55. The van der Waals surface area contributed by atoms with E-state index in [-0.39, 0.29) is 11.4 Å². The second-order valence-corrected chi connectivity index (χ2v) is 7.24. The number of ether oxygens (including phenoxy) is 2. The number of aryl methyl sites for hydroxylation is 1. The summed E-state index contributed by atoms with van der Waals surface area (Å²) in [7, 11) is 1.54. The van der Waals surface area contributed by atoms with Crippen LogP contribution >= 0.6 is 0 Å². The van der Waals surface area contributed by atoms with Gasteiger partial charge in [0.25, 0.3) is 0 Å². The Morgan fingerprint density at radius 2 is 1.90 bits per heavy atom. The number of rotatable bonds is 7. The number of benzene rings is 1. The van der Waals surface area contributed by atoms with Gasteiger partial charge < -0.3 is 14.0 Å². The fourth-order valence-corrected chi connectivity index (χ4v) is 3.40. The summed E-state index contributed by atoms with van der Waals surface area (Å²) in [4.78, 5) is 25.0. The fourth-order valence-electron chi connectivity index (χ4n) is 3.40. The summed E-state index contributed by atoms with van der Waals surface area (Å²) in [5.41, 5.74) is 3.21. The number of ketones is 1. The predicted octanol–water partition coefficient (Wildman–Crippen LogP) is 4.17. The highest BCUT2D eigenvalue weighted by Crippen LogP contribution is 2.38. The molecule has 2 aromatic rings. The van der Waals surface area contributed by atoms with Crippen molar-refractivity contribution in [2.45, 2.75) is 45.8 Å². The Morgan fingerprint density at radius 3 is 2.45 bits per heavy atom. The van der Waals surface area contributed by atoms with Gasteiger partial charge in [0.1, 0.15) is 17.4 Å². The van der Waals surface area contributed by atoms with Gasteiger partial charge in [0.15, 0.2) is 6.10 Å². The zero-order valence-corrected chi connectivity index (χ0v) is 17.1. The van der Waals surface area contributed by atoms with Crippen molar-refractivity contribution >= 4 is 17.8 Å². The highest BCUT2D eigenvalue weighted by Gasteiger charge is 2.27. The highest BCUT2D eigenvalue weighted by molar-refractivity contribution is 6.03. The van der Waals surface area contributed by atoms with Gasteiger partial charge in [0.05, 0.1) is 7.11 Å². The summed E-state index contributed by atoms with van der Waals surface area (Å²) in [6.45, 7) is 5.49. The Kier molecular flexibility index (Phi) is 5.88. The Morgan fingerprint density at radius 1 is 1.24 bits per heavy atom. The smallest absolute Gasteiger partial charge is 0.349 e. The topological polar surface area (TPSA) is 81.3 Å². The van der Waals surface area contributed by atoms with Crippen molar-refractivity contribution < 1.29 is 19.1 Å². The van der Waals surface area contributed by atoms with Crippen molar-refractivity contribution in [1.29, 1.82) is 5.26 Å². The molecule has 1 aliphatic rings. The average Bonchev–Trinajstić information content (AvgIpc) is 3.50. The molecule has 1 fully saturated rings. The van der Waals surface area contributed by atoms with Crippen LogP contribution in [0.4, 0.5) is 0 Å². The molecule has 0 radical (unpaired) electrons. The second-order valence-electron chi connectivity index (χ2n) is 7.24. The summed E-state index contributed by atoms with van der Waals surface area (Å²) in [6.07, 6.45) is 2.83. The molecule has 0 N–H and O–H groups in total. The zero-order chi connectivity index (χ0) is 21.1. The first kappa shape index (κ1) is 20.4. The number of aromatic nitrogens is 1. The number of carbonyl (C=O) groups excluding carboxylic acids is 2. The molecule has 1 aromatic carbocycles. The van der Waals surface area contributed by atoms with E-state index in [9.17, 15) is 14.9 Å². The molecule has 6 nitrogen and oxygen atoms in total. The van der Waals surface area contributed by atoms with E-state index in [0.29, 0.717) is 17.4 Å². The second kappa shape index (κ2) is 8.36. The lowest BCUT2D eigenvalue weighted by Crippen LogP contribution is -2.25. The summed E-state index contributed by atoms with van der Waals surface area (Å²) in [6, 6.07) is 10.9. The zero-order valence-electron chi connectivity index (χ0n) is 17.1.